The molecule has 0 radical (unpaired) electrons. The van der Waals surface area contributed by atoms with Crippen molar-refractivity contribution in [3.05, 3.63) is 52.7 Å². The van der Waals surface area contributed by atoms with E-state index < -0.39 is 11.3 Å². The SMILES string of the molecule is CCCN1CC=C2C(C#N)=C(N)C(C#N)(C#N)[C@H](c3cccc(OC)c3)[C@@H]2C1. The van der Waals surface area contributed by atoms with E-state index in [1.54, 1.807) is 7.11 Å². The molecule has 6 heteroatoms. The summed E-state index contributed by atoms with van der Waals surface area (Å²) >= 11 is 0. The van der Waals surface area contributed by atoms with E-state index in [1.165, 1.54) is 0 Å². The smallest absolute Gasteiger partial charge is 0.191 e. The van der Waals surface area contributed by atoms with Gasteiger partial charge in [-0.15, -0.1) is 0 Å². The molecular formula is C22H23N5O. The summed E-state index contributed by atoms with van der Waals surface area (Å²) in [4.78, 5) is 2.29. The summed E-state index contributed by atoms with van der Waals surface area (Å²) in [6, 6.07) is 13.9. The normalized spacial score (nSPS) is 23.6. The van der Waals surface area contributed by atoms with Crippen molar-refractivity contribution < 1.29 is 4.74 Å². The fourth-order valence-electron chi connectivity index (χ4n) is 4.45. The predicted octanol–water partition coefficient (Wildman–Crippen LogP) is 2.83. The number of allylic oxidation sites excluding steroid dienone is 2. The van der Waals surface area contributed by atoms with Gasteiger partial charge in [0.1, 0.15) is 11.8 Å². The number of hydrogen-bond donors (Lipinski definition) is 1. The van der Waals surface area contributed by atoms with Gasteiger partial charge in [0.2, 0.25) is 0 Å². The maximum absolute atomic E-state index is 10.1. The molecule has 6 nitrogen and oxygen atoms in total. The van der Waals surface area contributed by atoms with Gasteiger partial charge in [0.25, 0.3) is 0 Å². The summed E-state index contributed by atoms with van der Waals surface area (Å²) in [6.45, 7) is 4.44. The monoisotopic (exact) mass is 373 g/mol. The summed E-state index contributed by atoms with van der Waals surface area (Å²) in [7, 11) is 1.58. The van der Waals surface area contributed by atoms with Crippen LogP contribution in [0.3, 0.4) is 0 Å². The van der Waals surface area contributed by atoms with Gasteiger partial charge < -0.3 is 10.5 Å². The number of hydrogen-bond acceptors (Lipinski definition) is 6. The lowest BCUT2D eigenvalue weighted by atomic mass is 9.58. The molecule has 0 spiro atoms. The van der Waals surface area contributed by atoms with E-state index in [0.29, 0.717) is 12.3 Å². The molecule has 1 aromatic carbocycles. The van der Waals surface area contributed by atoms with E-state index in [0.717, 1.165) is 30.6 Å². The first-order chi connectivity index (χ1) is 13.6. The molecule has 0 amide bonds. The minimum absolute atomic E-state index is 0.0549. The maximum atomic E-state index is 10.1. The Bertz CT molecular complexity index is 942. The van der Waals surface area contributed by atoms with E-state index in [9.17, 15) is 15.8 Å². The lowest BCUT2D eigenvalue weighted by molar-refractivity contribution is 0.207. The van der Waals surface area contributed by atoms with Gasteiger partial charge in [-0.05, 0) is 36.2 Å². The Labute approximate surface area is 165 Å². The standard InChI is InChI=1S/C22H23N5O/c1-3-8-27-9-7-17-18(11-23)21(26)22(13-24,14-25)20(19(17)12-27)15-5-4-6-16(10-15)28-2/h4-7,10,19-20H,3,8-9,12,26H2,1-2H3/t19-,20-/m1/s1. The van der Waals surface area contributed by atoms with Gasteiger partial charge in [-0.2, -0.15) is 15.8 Å². The van der Waals surface area contributed by atoms with E-state index in [4.69, 9.17) is 10.5 Å². The van der Waals surface area contributed by atoms with Crippen LogP contribution in [0, 0.1) is 45.3 Å². The third-order valence-corrected chi connectivity index (χ3v) is 5.73. The van der Waals surface area contributed by atoms with Gasteiger partial charge in [0.15, 0.2) is 5.41 Å². The van der Waals surface area contributed by atoms with E-state index in [-0.39, 0.29) is 17.2 Å². The van der Waals surface area contributed by atoms with Crippen LogP contribution in [0.2, 0.25) is 0 Å². The maximum Gasteiger partial charge on any atom is 0.191 e. The number of methoxy groups -OCH3 is 1. The van der Waals surface area contributed by atoms with Crippen LogP contribution in [0.25, 0.3) is 0 Å². The van der Waals surface area contributed by atoms with Crippen molar-refractivity contribution in [3.63, 3.8) is 0 Å². The van der Waals surface area contributed by atoms with Crippen molar-refractivity contribution in [2.75, 3.05) is 26.7 Å². The lowest BCUT2D eigenvalue weighted by Gasteiger charge is -2.45. The van der Waals surface area contributed by atoms with Crippen LogP contribution in [0.4, 0.5) is 0 Å². The van der Waals surface area contributed by atoms with Crippen molar-refractivity contribution >= 4 is 0 Å². The predicted molar refractivity (Wildman–Crippen MR) is 105 cm³/mol. The van der Waals surface area contributed by atoms with Gasteiger partial charge in [0, 0.05) is 24.9 Å². The molecule has 1 aliphatic heterocycles. The minimum atomic E-state index is -1.60. The Morgan fingerprint density at radius 1 is 1.29 bits per heavy atom. The Hall–Kier alpha value is -3.27. The third kappa shape index (κ3) is 2.91. The quantitative estimate of drug-likeness (QED) is 0.869. The number of rotatable bonds is 4. The summed E-state index contributed by atoms with van der Waals surface area (Å²) < 4.78 is 5.36. The molecule has 0 fully saturated rings. The number of nitrogens with zero attached hydrogens (tertiary/aromatic N) is 4. The molecule has 2 aliphatic rings. The highest BCUT2D eigenvalue weighted by Crippen LogP contribution is 2.54. The van der Waals surface area contributed by atoms with Crippen molar-refractivity contribution in [2.24, 2.45) is 17.1 Å². The molecule has 0 saturated carbocycles. The molecular weight excluding hydrogens is 350 g/mol. The highest BCUT2D eigenvalue weighted by Gasteiger charge is 2.54. The second kappa shape index (κ2) is 7.77. The van der Waals surface area contributed by atoms with Gasteiger partial charge >= 0.3 is 0 Å². The van der Waals surface area contributed by atoms with Gasteiger partial charge in [-0.3, -0.25) is 4.90 Å². The first-order valence-corrected chi connectivity index (χ1v) is 9.35. The minimum Gasteiger partial charge on any atom is -0.497 e. The zero-order valence-corrected chi connectivity index (χ0v) is 16.1. The number of nitriles is 3. The van der Waals surface area contributed by atoms with Crippen molar-refractivity contribution in [1.82, 2.24) is 4.90 Å². The van der Waals surface area contributed by atoms with E-state index >= 15 is 0 Å². The molecule has 2 N–H and O–H groups in total. The average molecular weight is 373 g/mol. The average Bonchev–Trinajstić information content (AvgIpc) is 2.73. The summed E-state index contributed by atoms with van der Waals surface area (Å²) in [5, 5.41) is 29.9. The third-order valence-electron chi connectivity index (χ3n) is 5.73. The fourth-order valence-corrected chi connectivity index (χ4v) is 4.45. The van der Waals surface area contributed by atoms with E-state index in [2.05, 4.69) is 30.0 Å². The molecule has 28 heavy (non-hydrogen) atoms. The lowest BCUT2D eigenvalue weighted by Crippen LogP contribution is -2.48. The van der Waals surface area contributed by atoms with Crippen molar-refractivity contribution in [1.29, 1.82) is 15.8 Å². The topological polar surface area (TPSA) is 110 Å². The highest BCUT2D eigenvalue weighted by atomic mass is 16.5. The first-order valence-electron chi connectivity index (χ1n) is 9.35. The fraction of sp³-hybridized carbons (Fsp3) is 0.409. The van der Waals surface area contributed by atoms with Crippen LogP contribution in [0.1, 0.15) is 24.8 Å². The molecule has 1 heterocycles. The van der Waals surface area contributed by atoms with Crippen molar-refractivity contribution in [2.45, 2.75) is 19.3 Å². The van der Waals surface area contributed by atoms with Crippen LogP contribution in [0.5, 0.6) is 5.75 Å². The number of benzene rings is 1. The number of fused-ring (bicyclic) bond motifs is 1. The summed E-state index contributed by atoms with van der Waals surface area (Å²) in [5.41, 5.74) is 6.71. The molecule has 0 aromatic heterocycles. The van der Waals surface area contributed by atoms with Crippen LogP contribution < -0.4 is 10.5 Å². The molecule has 1 aromatic rings. The Morgan fingerprint density at radius 3 is 2.64 bits per heavy atom. The molecule has 2 atom stereocenters. The van der Waals surface area contributed by atoms with Crippen LogP contribution in [-0.2, 0) is 0 Å². The van der Waals surface area contributed by atoms with Crippen molar-refractivity contribution in [3.8, 4) is 24.0 Å². The molecule has 3 rings (SSSR count). The summed E-state index contributed by atoms with van der Waals surface area (Å²) in [6.07, 6.45) is 3.03. The van der Waals surface area contributed by atoms with Crippen LogP contribution >= 0.6 is 0 Å². The molecule has 0 unspecified atom stereocenters. The number of nitrogens with two attached hydrogens (primary N) is 1. The molecule has 0 saturated heterocycles. The van der Waals surface area contributed by atoms with Gasteiger partial charge in [-0.1, -0.05) is 25.1 Å². The highest BCUT2D eigenvalue weighted by molar-refractivity contribution is 5.59. The van der Waals surface area contributed by atoms with Crippen LogP contribution in [0.15, 0.2) is 47.2 Å². The van der Waals surface area contributed by atoms with Crippen LogP contribution in [-0.4, -0.2) is 31.6 Å². The Morgan fingerprint density at radius 2 is 2.04 bits per heavy atom. The number of ether oxygens (including phenoxy) is 1. The zero-order valence-electron chi connectivity index (χ0n) is 16.1. The summed E-state index contributed by atoms with van der Waals surface area (Å²) in [5.74, 6) is -0.00285. The Kier molecular flexibility index (Phi) is 5.41. The van der Waals surface area contributed by atoms with E-state index in [1.807, 2.05) is 30.3 Å². The molecule has 142 valence electrons. The molecule has 0 bridgehead atoms. The largest absolute Gasteiger partial charge is 0.497 e. The second-order valence-electron chi connectivity index (χ2n) is 7.21. The second-order valence-corrected chi connectivity index (χ2v) is 7.21. The Balaban J connectivity index is 2.27. The van der Waals surface area contributed by atoms with Gasteiger partial charge in [-0.25, -0.2) is 0 Å². The molecule has 1 aliphatic carbocycles. The zero-order chi connectivity index (χ0) is 20.3. The first kappa shape index (κ1) is 19.5. The van der Waals surface area contributed by atoms with Gasteiger partial charge in [0.05, 0.1) is 30.5 Å².